The number of amides is 1. The SMILES string of the molecule is CCc1cc(C(=O)N(C)C(C)C(=O)O)oc1CC. The summed E-state index contributed by atoms with van der Waals surface area (Å²) in [5.41, 5.74) is 0.997. The molecule has 1 atom stereocenters. The number of carbonyl (C=O) groups is 2. The average molecular weight is 253 g/mol. The van der Waals surface area contributed by atoms with Crippen LogP contribution >= 0.6 is 0 Å². The second-order valence-electron chi connectivity index (χ2n) is 4.20. The molecule has 0 aromatic carbocycles. The van der Waals surface area contributed by atoms with Gasteiger partial charge < -0.3 is 14.4 Å². The Balaban J connectivity index is 2.97. The molecule has 1 unspecified atom stereocenters. The first kappa shape index (κ1) is 14.3. The minimum Gasteiger partial charge on any atom is -0.480 e. The van der Waals surface area contributed by atoms with Crippen LogP contribution in [-0.4, -0.2) is 35.0 Å². The molecule has 1 aromatic rings. The van der Waals surface area contributed by atoms with Crippen molar-refractivity contribution in [2.24, 2.45) is 0 Å². The Hall–Kier alpha value is -1.78. The fourth-order valence-corrected chi connectivity index (χ4v) is 1.69. The monoisotopic (exact) mass is 253 g/mol. The zero-order valence-corrected chi connectivity index (χ0v) is 11.2. The third-order valence-electron chi connectivity index (χ3n) is 3.07. The Morgan fingerprint density at radius 1 is 1.39 bits per heavy atom. The van der Waals surface area contributed by atoms with Gasteiger partial charge in [-0.15, -0.1) is 0 Å². The van der Waals surface area contributed by atoms with E-state index in [1.165, 1.54) is 18.9 Å². The molecule has 0 spiro atoms. The highest BCUT2D eigenvalue weighted by atomic mass is 16.4. The molecule has 18 heavy (non-hydrogen) atoms. The van der Waals surface area contributed by atoms with Crippen LogP contribution in [0.1, 0.15) is 42.6 Å². The third-order valence-corrected chi connectivity index (χ3v) is 3.07. The van der Waals surface area contributed by atoms with Gasteiger partial charge in [-0.25, -0.2) is 4.79 Å². The molecule has 1 amide bonds. The van der Waals surface area contributed by atoms with Gasteiger partial charge in [0.1, 0.15) is 11.8 Å². The molecule has 100 valence electrons. The molecule has 5 heteroatoms. The van der Waals surface area contributed by atoms with Crippen molar-refractivity contribution in [2.45, 2.75) is 39.7 Å². The maximum absolute atomic E-state index is 12.1. The van der Waals surface area contributed by atoms with Crippen LogP contribution in [-0.2, 0) is 17.6 Å². The Morgan fingerprint density at radius 2 is 2.00 bits per heavy atom. The summed E-state index contributed by atoms with van der Waals surface area (Å²) in [4.78, 5) is 24.1. The topological polar surface area (TPSA) is 70.8 Å². The molecule has 0 fully saturated rings. The van der Waals surface area contributed by atoms with Gasteiger partial charge in [0.25, 0.3) is 5.91 Å². The smallest absolute Gasteiger partial charge is 0.326 e. The maximum atomic E-state index is 12.1. The maximum Gasteiger partial charge on any atom is 0.326 e. The lowest BCUT2D eigenvalue weighted by molar-refractivity contribution is -0.141. The van der Waals surface area contributed by atoms with Crippen molar-refractivity contribution in [1.82, 2.24) is 4.90 Å². The fraction of sp³-hybridized carbons (Fsp3) is 0.538. The number of rotatable bonds is 5. The van der Waals surface area contributed by atoms with E-state index in [-0.39, 0.29) is 5.76 Å². The first-order chi connectivity index (χ1) is 8.42. The number of furan rings is 1. The molecule has 1 aromatic heterocycles. The molecule has 0 aliphatic rings. The van der Waals surface area contributed by atoms with Gasteiger partial charge in [0.2, 0.25) is 0 Å². The third kappa shape index (κ3) is 2.72. The van der Waals surface area contributed by atoms with Crippen molar-refractivity contribution in [3.8, 4) is 0 Å². The summed E-state index contributed by atoms with van der Waals surface area (Å²) in [7, 11) is 1.46. The molecular formula is C13H19NO4. The van der Waals surface area contributed by atoms with Crippen molar-refractivity contribution >= 4 is 11.9 Å². The molecular weight excluding hydrogens is 234 g/mol. The van der Waals surface area contributed by atoms with Gasteiger partial charge in [-0.2, -0.15) is 0 Å². The quantitative estimate of drug-likeness (QED) is 0.870. The van der Waals surface area contributed by atoms with E-state index >= 15 is 0 Å². The molecule has 0 bridgehead atoms. The number of aliphatic carboxylic acids is 1. The number of carbonyl (C=O) groups excluding carboxylic acids is 1. The molecule has 0 aliphatic heterocycles. The van der Waals surface area contributed by atoms with E-state index in [9.17, 15) is 9.59 Å². The van der Waals surface area contributed by atoms with Crippen LogP contribution in [0.5, 0.6) is 0 Å². The summed E-state index contributed by atoms with van der Waals surface area (Å²) in [5, 5.41) is 8.88. The number of likely N-dealkylation sites (N-methyl/N-ethyl adjacent to an activating group) is 1. The predicted molar refractivity (Wildman–Crippen MR) is 66.7 cm³/mol. The van der Waals surface area contributed by atoms with Crippen LogP contribution in [0.4, 0.5) is 0 Å². The van der Waals surface area contributed by atoms with Crippen LogP contribution in [0.3, 0.4) is 0 Å². The second-order valence-corrected chi connectivity index (χ2v) is 4.20. The van der Waals surface area contributed by atoms with Crippen molar-refractivity contribution in [2.75, 3.05) is 7.05 Å². The number of aryl methyl sites for hydroxylation is 2. The molecule has 1 N–H and O–H groups in total. The Bertz CT molecular complexity index is 428. The molecule has 0 radical (unpaired) electrons. The Labute approximate surface area is 106 Å². The number of carboxylic acids is 1. The minimum atomic E-state index is -1.04. The summed E-state index contributed by atoms with van der Waals surface area (Å²) in [6, 6.07) is 0.824. The zero-order chi connectivity index (χ0) is 13.9. The van der Waals surface area contributed by atoms with Gasteiger partial charge in [-0.1, -0.05) is 13.8 Å². The average Bonchev–Trinajstić information content (AvgIpc) is 2.78. The van der Waals surface area contributed by atoms with E-state index in [0.29, 0.717) is 6.42 Å². The van der Waals surface area contributed by atoms with E-state index in [4.69, 9.17) is 9.52 Å². The number of hydrogen-bond donors (Lipinski definition) is 1. The first-order valence-electron chi connectivity index (χ1n) is 6.03. The van der Waals surface area contributed by atoms with Crippen molar-refractivity contribution < 1.29 is 19.1 Å². The van der Waals surface area contributed by atoms with E-state index in [1.807, 2.05) is 13.8 Å². The molecule has 0 saturated carbocycles. The van der Waals surface area contributed by atoms with Gasteiger partial charge >= 0.3 is 5.97 Å². The molecule has 0 aliphatic carbocycles. The Morgan fingerprint density at radius 3 is 2.39 bits per heavy atom. The highest BCUT2D eigenvalue weighted by Gasteiger charge is 2.25. The highest BCUT2D eigenvalue weighted by Crippen LogP contribution is 2.18. The van der Waals surface area contributed by atoms with Gasteiger partial charge in [0.05, 0.1) is 0 Å². The minimum absolute atomic E-state index is 0.208. The molecule has 0 saturated heterocycles. The lowest BCUT2D eigenvalue weighted by Crippen LogP contribution is -2.40. The lowest BCUT2D eigenvalue weighted by atomic mass is 10.1. The first-order valence-corrected chi connectivity index (χ1v) is 6.03. The van der Waals surface area contributed by atoms with E-state index in [2.05, 4.69) is 0 Å². The van der Waals surface area contributed by atoms with Crippen molar-refractivity contribution in [3.63, 3.8) is 0 Å². The van der Waals surface area contributed by atoms with Crippen LogP contribution in [0, 0.1) is 0 Å². The fourth-order valence-electron chi connectivity index (χ4n) is 1.69. The largest absolute Gasteiger partial charge is 0.480 e. The summed E-state index contributed by atoms with van der Waals surface area (Å²) in [5.74, 6) is -0.445. The van der Waals surface area contributed by atoms with Crippen LogP contribution in [0.2, 0.25) is 0 Å². The summed E-state index contributed by atoms with van der Waals surface area (Å²) >= 11 is 0. The van der Waals surface area contributed by atoms with Gasteiger partial charge in [-0.05, 0) is 25.0 Å². The van der Waals surface area contributed by atoms with Crippen molar-refractivity contribution in [1.29, 1.82) is 0 Å². The molecule has 5 nitrogen and oxygen atoms in total. The van der Waals surface area contributed by atoms with Crippen LogP contribution < -0.4 is 0 Å². The van der Waals surface area contributed by atoms with Crippen molar-refractivity contribution in [3.05, 3.63) is 23.2 Å². The molecule has 1 heterocycles. The van der Waals surface area contributed by atoms with E-state index in [0.717, 1.165) is 17.7 Å². The number of carboxylic acid groups (broad SMARTS) is 1. The predicted octanol–water partition coefficient (Wildman–Crippen LogP) is 1.95. The second kappa shape index (κ2) is 5.71. The lowest BCUT2D eigenvalue weighted by Gasteiger charge is -2.19. The van der Waals surface area contributed by atoms with Gasteiger partial charge in [-0.3, -0.25) is 4.79 Å². The zero-order valence-electron chi connectivity index (χ0n) is 11.2. The summed E-state index contributed by atoms with van der Waals surface area (Å²) in [6.07, 6.45) is 1.51. The standard InChI is InChI=1S/C13H19NO4/c1-5-9-7-11(18-10(9)6-2)12(15)14(4)8(3)13(16)17/h7-8H,5-6H2,1-4H3,(H,16,17). The van der Waals surface area contributed by atoms with Crippen LogP contribution in [0.25, 0.3) is 0 Å². The normalized spacial score (nSPS) is 12.2. The highest BCUT2D eigenvalue weighted by molar-refractivity contribution is 5.94. The Kier molecular flexibility index (Phi) is 4.53. The summed E-state index contributed by atoms with van der Waals surface area (Å²) in [6.45, 7) is 5.41. The van der Waals surface area contributed by atoms with Gasteiger partial charge in [0, 0.05) is 13.5 Å². The molecule has 1 rings (SSSR count). The summed E-state index contributed by atoms with van der Waals surface area (Å²) < 4.78 is 5.48. The number of nitrogens with zero attached hydrogens (tertiary/aromatic N) is 1. The number of hydrogen-bond acceptors (Lipinski definition) is 3. The van der Waals surface area contributed by atoms with E-state index in [1.54, 1.807) is 6.07 Å². The van der Waals surface area contributed by atoms with Gasteiger partial charge in [0.15, 0.2) is 5.76 Å². The van der Waals surface area contributed by atoms with Crippen LogP contribution in [0.15, 0.2) is 10.5 Å². The van der Waals surface area contributed by atoms with E-state index < -0.39 is 17.9 Å².